The standard InChI is InChI=1S/C18H12F6O10S4/c1-3-31-15(25)13-11(33-37(27,28)17(19,20)21)7-5-10-8(6-9(7)35-13)12(14(36-10)16(26)32-4-2)34-38(29,30)18(22,23)24/h5-6H,3-4H2,1-2H3. The summed E-state index contributed by atoms with van der Waals surface area (Å²) in [6.07, 6.45) is 0. The molecule has 38 heavy (non-hydrogen) atoms. The highest BCUT2D eigenvalue weighted by molar-refractivity contribution is 7.88. The summed E-state index contributed by atoms with van der Waals surface area (Å²) in [7, 11) is -12.6. The van der Waals surface area contributed by atoms with Crippen LogP contribution in [-0.2, 0) is 29.7 Å². The fourth-order valence-corrected chi connectivity index (χ4v) is 5.95. The van der Waals surface area contributed by atoms with E-state index in [2.05, 4.69) is 8.37 Å². The number of rotatable bonds is 8. The first-order valence-electron chi connectivity index (χ1n) is 9.73. The lowest BCUT2D eigenvalue weighted by Gasteiger charge is -2.11. The van der Waals surface area contributed by atoms with Crippen molar-refractivity contribution in [3.05, 3.63) is 21.9 Å². The van der Waals surface area contributed by atoms with Crippen LogP contribution in [0.2, 0.25) is 0 Å². The van der Waals surface area contributed by atoms with Crippen molar-refractivity contribution in [2.45, 2.75) is 24.9 Å². The number of hydrogen-bond donors (Lipinski definition) is 0. The number of thiophene rings is 2. The minimum absolute atomic E-state index is 0.254. The lowest BCUT2D eigenvalue weighted by atomic mass is 10.2. The van der Waals surface area contributed by atoms with E-state index in [-0.39, 0.29) is 22.6 Å². The van der Waals surface area contributed by atoms with Gasteiger partial charge in [-0.15, -0.1) is 22.7 Å². The number of carbonyl (C=O) groups excluding carboxylic acids is 2. The van der Waals surface area contributed by atoms with Gasteiger partial charge in [0.2, 0.25) is 0 Å². The predicted octanol–water partition coefficient (Wildman–Crippen LogP) is 4.93. The van der Waals surface area contributed by atoms with E-state index >= 15 is 0 Å². The maximum Gasteiger partial charge on any atom is 0.534 e. The Kier molecular flexibility index (Phi) is 7.85. The molecule has 0 aliphatic heterocycles. The number of carbonyl (C=O) groups is 2. The molecule has 3 aromatic rings. The number of hydrogen-bond acceptors (Lipinski definition) is 12. The second-order valence-electron chi connectivity index (χ2n) is 6.77. The number of fused-ring (bicyclic) bond motifs is 2. The van der Waals surface area contributed by atoms with Crippen molar-refractivity contribution in [2.24, 2.45) is 0 Å². The van der Waals surface area contributed by atoms with Crippen molar-refractivity contribution < 1.29 is 70.6 Å². The Bertz CT molecular complexity index is 1510. The summed E-state index contributed by atoms with van der Waals surface area (Å²) in [4.78, 5) is 23.2. The third kappa shape index (κ3) is 5.47. The zero-order valence-electron chi connectivity index (χ0n) is 18.6. The van der Waals surface area contributed by atoms with E-state index in [1.54, 1.807) is 0 Å². The molecule has 0 atom stereocenters. The Balaban J connectivity index is 2.36. The lowest BCUT2D eigenvalue weighted by molar-refractivity contribution is -0.0504. The van der Waals surface area contributed by atoms with Gasteiger partial charge in [-0.2, -0.15) is 43.2 Å². The number of alkyl halides is 6. The molecule has 0 radical (unpaired) electrons. The zero-order valence-corrected chi connectivity index (χ0v) is 21.8. The highest BCUT2D eigenvalue weighted by atomic mass is 32.2. The molecular weight excluding hydrogens is 618 g/mol. The summed E-state index contributed by atoms with van der Waals surface area (Å²) in [6, 6.07) is 1.76. The number of esters is 2. The van der Waals surface area contributed by atoms with E-state index < -0.39 is 75.2 Å². The average Bonchev–Trinajstić information content (AvgIpc) is 3.28. The zero-order chi connectivity index (χ0) is 28.8. The van der Waals surface area contributed by atoms with Crippen molar-refractivity contribution in [3.8, 4) is 11.5 Å². The molecule has 3 rings (SSSR count). The Morgan fingerprint density at radius 1 is 0.711 bits per heavy atom. The van der Waals surface area contributed by atoms with Crippen molar-refractivity contribution in [2.75, 3.05) is 13.2 Å². The van der Waals surface area contributed by atoms with Crippen LogP contribution in [0.1, 0.15) is 33.2 Å². The normalized spacial score (nSPS) is 13.1. The average molecular weight is 631 g/mol. The number of ether oxygens (including phenoxy) is 2. The molecule has 0 amide bonds. The third-order valence-corrected chi connectivity index (χ3v) is 8.42. The van der Waals surface area contributed by atoms with Crippen LogP contribution in [0.15, 0.2) is 12.1 Å². The van der Waals surface area contributed by atoms with Gasteiger partial charge in [-0.25, -0.2) is 9.59 Å². The molecule has 2 heterocycles. The summed E-state index contributed by atoms with van der Waals surface area (Å²) < 4.78 is 142. The Morgan fingerprint density at radius 3 is 1.29 bits per heavy atom. The molecule has 1 aromatic carbocycles. The van der Waals surface area contributed by atoms with Crippen LogP contribution < -0.4 is 8.37 Å². The van der Waals surface area contributed by atoms with Gasteiger partial charge in [-0.05, 0) is 26.0 Å². The molecular formula is C18H12F6O10S4. The first kappa shape index (κ1) is 29.7. The van der Waals surface area contributed by atoms with E-state index in [1.807, 2.05) is 0 Å². The van der Waals surface area contributed by atoms with E-state index in [0.717, 1.165) is 12.1 Å². The molecule has 0 bridgehead atoms. The van der Waals surface area contributed by atoms with Gasteiger partial charge in [0.25, 0.3) is 0 Å². The van der Waals surface area contributed by atoms with Crippen LogP contribution in [0.25, 0.3) is 20.2 Å². The minimum atomic E-state index is -6.30. The molecule has 0 aliphatic carbocycles. The molecule has 0 saturated carbocycles. The smallest absolute Gasteiger partial charge is 0.462 e. The first-order valence-corrected chi connectivity index (χ1v) is 14.2. The Labute approximate surface area is 216 Å². The first-order chi connectivity index (χ1) is 17.3. The van der Waals surface area contributed by atoms with Crippen LogP contribution in [-0.4, -0.2) is 53.0 Å². The molecule has 0 fully saturated rings. The third-order valence-electron chi connectivity index (χ3n) is 4.28. The van der Waals surface area contributed by atoms with Crippen LogP contribution in [0.5, 0.6) is 11.5 Å². The van der Waals surface area contributed by atoms with Gasteiger partial charge >= 0.3 is 43.2 Å². The van der Waals surface area contributed by atoms with E-state index in [0.29, 0.717) is 22.7 Å². The maximum atomic E-state index is 13.0. The molecule has 10 nitrogen and oxygen atoms in total. The van der Waals surface area contributed by atoms with Crippen molar-refractivity contribution in [3.63, 3.8) is 0 Å². The second-order valence-corrected chi connectivity index (χ2v) is 12.0. The fourth-order valence-electron chi connectivity index (χ4n) is 2.78. The molecule has 0 saturated heterocycles. The quantitative estimate of drug-likeness (QED) is 0.146. The van der Waals surface area contributed by atoms with Gasteiger partial charge in [0.15, 0.2) is 21.3 Å². The van der Waals surface area contributed by atoms with Crippen molar-refractivity contribution >= 4 is 75.0 Å². The van der Waals surface area contributed by atoms with Gasteiger partial charge in [-0.3, -0.25) is 0 Å². The van der Waals surface area contributed by atoms with Crippen molar-refractivity contribution in [1.29, 1.82) is 0 Å². The van der Waals surface area contributed by atoms with E-state index in [4.69, 9.17) is 9.47 Å². The van der Waals surface area contributed by atoms with Crippen LogP contribution in [0.3, 0.4) is 0 Å². The number of benzene rings is 1. The van der Waals surface area contributed by atoms with E-state index in [1.165, 1.54) is 13.8 Å². The highest BCUT2D eigenvalue weighted by Crippen LogP contribution is 2.48. The molecule has 0 aliphatic rings. The summed E-state index contributed by atoms with van der Waals surface area (Å²) in [5.74, 6) is -4.76. The van der Waals surface area contributed by atoms with Crippen LogP contribution >= 0.6 is 22.7 Å². The van der Waals surface area contributed by atoms with Gasteiger partial charge < -0.3 is 17.8 Å². The second kappa shape index (κ2) is 10.0. The topological polar surface area (TPSA) is 139 Å². The molecule has 20 heteroatoms. The SMILES string of the molecule is CCOC(=O)c1sc2cc3c(OS(=O)(=O)C(F)(F)F)c(C(=O)OCC)sc3cc2c1OS(=O)(=O)C(F)(F)F. The lowest BCUT2D eigenvalue weighted by Crippen LogP contribution is -2.28. The fraction of sp³-hybridized carbons (Fsp3) is 0.333. The molecule has 0 spiro atoms. The molecule has 210 valence electrons. The predicted molar refractivity (Wildman–Crippen MR) is 120 cm³/mol. The van der Waals surface area contributed by atoms with Gasteiger partial charge in [-0.1, -0.05) is 0 Å². The monoisotopic (exact) mass is 630 g/mol. The largest absolute Gasteiger partial charge is 0.534 e. The maximum absolute atomic E-state index is 13.0. The van der Waals surface area contributed by atoms with Gasteiger partial charge in [0.1, 0.15) is 0 Å². The Hall–Kier alpha value is -2.84. The summed E-state index contributed by atoms with van der Waals surface area (Å²) in [6.45, 7) is 2.14. The summed E-state index contributed by atoms with van der Waals surface area (Å²) >= 11 is 0.656. The highest BCUT2D eigenvalue weighted by Gasteiger charge is 2.50. The number of halogens is 6. The van der Waals surface area contributed by atoms with Crippen LogP contribution in [0.4, 0.5) is 26.3 Å². The summed E-state index contributed by atoms with van der Waals surface area (Å²) in [5, 5.41) is -0.888. The minimum Gasteiger partial charge on any atom is -0.462 e. The molecule has 0 N–H and O–H groups in total. The van der Waals surface area contributed by atoms with E-state index in [9.17, 15) is 52.8 Å². The molecule has 0 unspecified atom stereocenters. The van der Waals surface area contributed by atoms with Crippen molar-refractivity contribution in [1.82, 2.24) is 0 Å². The molecule has 2 aromatic heterocycles. The van der Waals surface area contributed by atoms with Gasteiger partial charge in [0, 0.05) is 20.2 Å². The Morgan fingerprint density at radius 2 is 1.03 bits per heavy atom. The van der Waals surface area contributed by atoms with Gasteiger partial charge in [0.05, 0.1) is 13.2 Å². The summed E-state index contributed by atoms with van der Waals surface area (Å²) in [5.41, 5.74) is -11.8. The van der Waals surface area contributed by atoms with Crippen LogP contribution in [0, 0.1) is 0 Å².